The molecule has 0 fully saturated rings. The molecule has 2 aliphatic rings. The molecule has 0 bridgehead atoms. The molecule has 0 radical (unpaired) electrons. The molecule has 0 amide bonds. The van der Waals surface area contributed by atoms with E-state index in [1.807, 2.05) is 12.1 Å². The summed E-state index contributed by atoms with van der Waals surface area (Å²) in [6.45, 7) is 23.1. The molecule has 0 N–H and O–H groups in total. The number of para-hydroxylation sites is 1. The molecule has 0 saturated heterocycles. The van der Waals surface area contributed by atoms with Crippen molar-refractivity contribution in [1.29, 1.82) is 0 Å². The highest BCUT2D eigenvalue weighted by Gasteiger charge is 2.44. The predicted octanol–water partition coefficient (Wildman–Crippen LogP) is 13.5. The highest BCUT2D eigenvalue weighted by Crippen LogP contribution is 2.46. The van der Waals surface area contributed by atoms with Crippen molar-refractivity contribution in [2.24, 2.45) is 0 Å². The third-order valence-electron chi connectivity index (χ3n) is 12.8. The molecule has 0 aliphatic carbocycles. The van der Waals surface area contributed by atoms with Gasteiger partial charge < -0.3 is 14.2 Å². The highest BCUT2D eigenvalue weighted by molar-refractivity contribution is 7.00. The van der Waals surface area contributed by atoms with Crippen LogP contribution in [-0.4, -0.2) is 6.71 Å². The maximum Gasteiger partial charge on any atom is 0.252 e. The Morgan fingerprint density at radius 2 is 0.966 bits per heavy atom. The third-order valence-corrected chi connectivity index (χ3v) is 12.8. The van der Waals surface area contributed by atoms with E-state index >= 15 is 0 Å². The van der Waals surface area contributed by atoms with Crippen LogP contribution in [0.1, 0.15) is 84.6 Å². The first-order valence-electron chi connectivity index (χ1n) is 21.2. The number of anilines is 6. The molecule has 3 heterocycles. The molecule has 10 rings (SSSR count). The van der Waals surface area contributed by atoms with E-state index in [-0.39, 0.29) is 23.0 Å². The number of hydrogen-bond acceptors (Lipinski definition) is 3. The first kappa shape index (κ1) is 37.3. The van der Waals surface area contributed by atoms with Gasteiger partial charge >= 0.3 is 0 Å². The highest BCUT2D eigenvalue weighted by atomic mass is 16.3. The Morgan fingerprint density at radius 3 is 1.63 bits per heavy atom. The van der Waals surface area contributed by atoms with Gasteiger partial charge in [0.15, 0.2) is 0 Å². The number of fused-ring (bicyclic) bond motifs is 7. The Labute approximate surface area is 350 Å². The van der Waals surface area contributed by atoms with Crippen molar-refractivity contribution in [2.75, 3.05) is 9.80 Å². The van der Waals surface area contributed by atoms with Crippen LogP contribution in [0, 0.1) is 6.92 Å². The van der Waals surface area contributed by atoms with Gasteiger partial charge in [0.05, 0.1) is 0 Å². The second-order valence-corrected chi connectivity index (χ2v) is 20.0. The van der Waals surface area contributed by atoms with Gasteiger partial charge in [-0.2, -0.15) is 0 Å². The average molecular weight is 769 g/mol. The number of hydrogen-bond donors (Lipinski definition) is 0. The van der Waals surface area contributed by atoms with Gasteiger partial charge in [0.25, 0.3) is 6.71 Å². The van der Waals surface area contributed by atoms with Crippen LogP contribution in [0.3, 0.4) is 0 Å². The standard InChI is InChI=1S/C55H53BN2O/c1-34-29-48-52-49(30-34)58(40-22-15-35(16-23-40)36-17-28-51-43(31-36)42-13-11-12-14-50(42)59-51)47-33-39(55(8,9)10)20-26-44(47)56(52)45-32-38(54(5,6)7)21-27-46(45)57(48)41-24-18-37(19-25-41)53(2,3)4/h11-33H,1-10H3. The molecule has 8 aromatic rings. The van der Waals surface area contributed by atoms with Crippen LogP contribution in [-0.2, 0) is 16.2 Å². The fourth-order valence-electron chi connectivity index (χ4n) is 9.44. The van der Waals surface area contributed by atoms with Crippen LogP contribution in [0.4, 0.5) is 34.1 Å². The molecule has 2 aliphatic heterocycles. The van der Waals surface area contributed by atoms with Crippen molar-refractivity contribution in [3.8, 4) is 11.1 Å². The lowest BCUT2D eigenvalue weighted by atomic mass is 9.33. The van der Waals surface area contributed by atoms with Crippen LogP contribution in [0.2, 0.25) is 0 Å². The fraction of sp³-hybridized carbons (Fsp3) is 0.236. The van der Waals surface area contributed by atoms with Crippen molar-refractivity contribution in [1.82, 2.24) is 0 Å². The fourth-order valence-corrected chi connectivity index (χ4v) is 9.44. The maximum atomic E-state index is 6.17. The monoisotopic (exact) mass is 768 g/mol. The minimum absolute atomic E-state index is 0.00120. The summed E-state index contributed by atoms with van der Waals surface area (Å²) in [6.07, 6.45) is 0. The van der Waals surface area contributed by atoms with Crippen LogP contribution >= 0.6 is 0 Å². The van der Waals surface area contributed by atoms with Gasteiger partial charge in [0, 0.05) is 44.9 Å². The Kier molecular flexibility index (Phi) is 8.22. The van der Waals surface area contributed by atoms with Gasteiger partial charge in [0.2, 0.25) is 0 Å². The summed E-state index contributed by atoms with van der Waals surface area (Å²) in [4.78, 5) is 5.07. The summed E-state index contributed by atoms with van der Waals surface area (Å²) >= 11 is 0. The molecule has 0 unspecified atom stereocenters. The van der Waals surface area contributed by atoms with Crippen LogP contribution in [0.5, 0.6) is 0 Å². The van der Waals surface area contributed by atoms with Crippen molar-refractivity contribution < 1.29 is 4.42 Å². The van der Waals surface area contributed by atoms with Crippen LogP contribution < -0.4 is 26.2 Å². The minimum atomic E-state index is -0.0155. The second kappa shape index (κ2) is 13.0. The van der Waals surface area contributed by atoms with E-state index in [4.69, 9.17) is 4.42 Å². The molecule has 59 heavy (non-hydrogen) atoms. The molecule has 7 aromatic carbocycles. The SMILES string of the molecule is Cc1cc2c3c(c1)N(c1ccc(-c4ccc5oc6ccccc6c5c4)cc1)c1cc(C(C)(C)C)ccc1B3c1cc(C(C)(C)C)ccc1N2c1ccc(C(C)(C)C)cc1. The molecule has 1 aromatic heterocycles. The molecule has 4 heteroatoms. The molecule has 292 valence electrons. The molecule has 0 atom stereocenters. The summed E-state index contributed by atoms with van der Waals surface area (Å²) in [5.74, 6) is 0. The number of benzene rings is 7. The zero-order chi connectivity index (χ0) is 41.2. The quantitative estimate of drug-likeness (QED) is 0.167. The van der Waals surface area contributed by atoms with Crippen molar-refractivity contribution in [3.63, 3.8) is 0 Å². The summed E-state index contributed by atoms with van der Waals surface area (Å²) in [5.41, 5.74) is 20.9. The summed E-state index contributed by atoms with van der Waals surface area (Å²) in [6, 6.07) is 52.7. The molecular formula is C55H53BN2O. The van der Waals surface area contributed by atoms with E-state index in [1.165, 1.54) is 78.2 Å². The number of rotatable bonds is 3. The van der Waals surface area contributed by atoms with Gasteiger partial charge in [-0.05, 0) is 140 Å². The first-order valence-corrected chi connectivity index (χ1v) is 21.2. The van der Waals surface area contributed by atoms with Gasteiger partial charge in [-0.3, -0.25) is 0 Å². The average Bonchev–Trinajstić information content (AvgIpc) is 3.57. The van der Waals surface area contributed by atoms with Gasteiger partial charge in [0.1, 0.15) is 11.2 Å². The molecule has 3 nitrogen and oxygen atoms in total. The van der Waals surface area contributed by atoms with E-state index in [2.05, 4.69) is 206 Å². The van der Waals surface area contributed by atoms with Crippen LogP contribution in [0.15, 0.2) is 144 Å². The predicted molar refractivity (Wildman–Crippen MR) is 254 cm³/mol. The Morgan fingerprint density at radius 1 is 0.424 bits per heavy atom. The minimum Gasteiger partial charge on any atom is -0.456 e. The largest absolute Gasteiger partial charge is 0.456 e. The van der Waals surface area contributed by atoms with E-state index < -0.39 is 0 Å². The van der Waals surface area contributed by atoms with E-state index in [0.717, 1.165) is 27.6 Å². The summed E-state index contributed by atoms with van der Waals surface area (Å²) in [7, 11) is 0. The molecule has 0 saturated carbocycles. The van der Waals surface area contributed by atoms with Crippen molar-refractivity contribution >= 4 is 79.2 Å². The van der Waals surface area contributed by atoms with E-state index in [9.17, 15) is 0 Å². The lowest BCUT2D eigenvalue weighted by Gasteiger charge is -2.45. The van der Waals surface area contributed by atoms with Crippen LogP contribution in [0.25, 0.3) is 33.1 Å². The number of aryl methyl sites for hydroxylation is 1. The van der Waals surface area contributed by atoms with Gasteiger partial charge in [-0.15, -0.1) is 0 Å². The zero-order valence-electron chi connectivity index (χ0n) is 36.2. The third kappa shape index (κ3) is 6.10. The van der Waals surface area contributed by atoms with Gasteiger partial charge in [-0.1, -0.05) is 135 Å². The lowest BCUT2D eigenvalue weighted by molar-refractivity contribution is 0.590. The Balaban J connectivity index is 1.19. The molecular weight excluding hydrogens is 715 g/mol. The summed E-state index contributed by atoms with van der Waals surface area (Å²) in [5, 5.41) is 2.29. The maximum absolute atomic E-state index is 6.17. The van der Waals surface area contributed by atoms with Gasteiger partial charge in [-0.25, -0.2) is 0 Å². The first-order chi connectivity index (χ1) is 28.0. The van der Waals surface area contributed by atoms with Crippen molar-refractivity contribution in [2.45, 2.75) is 85.5 Å². The molecule has 0 spiro atoms. The van der Waals surface area contributed by atoms with Crippen molar-refractivity contribution in [3.05, 3.63) is 162 Å². The number of nitrogens with zero attached hydrogens (tertiary/aromatic N) is 2. The normalized spacial score (nSPS) is 13.8. The smallest absolute Gasteiger partial charge is 0.252 e. The topological polar surface area (TPSA) is 19.6 Å². The van der Waals surface area contributed by atoms with E-state index in [0.29, 0.717) is 0 Å². The summed E-state index contributed by atoms with van der Waals surface area (Å²) < 4.78 is 6.17. The number of furan rings is 1. The second-order valence-electron chi connectivity index (χ2n) is 20.0. The zero-order valence-corrected chi connectivity index (χ0v) is 36.2. The Hall–Kier alpha value is -6.00. The Bertz CT molecular complexity index is 2950. The van der Waals surface area contributed by atoms with E-state index in [1.54, 1.807) is 0 Å². The lowest BCUT2D eigenvalue weighted by Crippen LogP contribution is -2.61.